The summed E-state index contributed by atoms with van der Waals surface area (Å²) in [6.07, 6.45) is 5.06. The maximum absolute atomic E-state index is 14.1. The van der Waals surface area contributed by atoms with E-state index in [4.69, 9.17) is 4.74 Å². The Bertz CT molecular complexity index is 994. The number of sulfonamides is 1. The number of benzene rings is 1. The summed E-state index contributed by atoms with van der Waals surface area (Å²) in [7, 11) is -2.89. The number of methoxy groups -OCH3 is 1. The average Bonchev–Trinajstić information content (AvgIpc) is 3.19. The van der Waals surface area contributed by atoms with E-state index in [2.05, 4.69) is 0 Å². The van der Waals surface area contributed by atoms with E-state index in [9.17, 15) is 26.8 Å². The largest absolute Gasteiger partial charge is 0.467 e. The number of amides is 1. The molecule has 3 aliphatic rings. The number of fused-ring (bicyclic) bond motifs is 1. The topological polar surface area (TPSA) is 84.0 Å². The summed E-state index contributed by atoms with van der Waals surface area (Å²) in [6.45, 7) is 0.0546. The Labute approximate surface area is 186 Å². The van der Waals surface area contributed by atoms with E-state index in [0.717, 1.165) is 42.1 Å². The van der Waals surface area contributed by atoms with Crippen LogP contribution in [0.4, 0.5) is 8.78 Å². The molecule has 0 aromatic heterocycles. The van der Waals surface area contributed by atoms with Gasteiger partial charge in [-0.2, -0.15) is 4.31 Å². The van der Waals surface area contributed by atoms with Crippen molar-refractivity contribution in [1.29, 1.82) is 0 Å². The van der Waals surface area contributed by atoms with Crippen molar-refractivity contribution in [2.24, 2.45) is 11.8 Å². The fourth-order valence-electron chi connectivity index (χ4n) is 5.49. The van der Waals surface area contributed by atoms with Gasteiger partial charge in [-0.1, -0.05) is 12.8 Å². The molecule has 3 unspecified atom stereocenters. The number of halogens is 2. The van der Waals surface area contributed by atoms with Gasteiger partial charge in [0, 0.05) is 25.0 Å². The van der Waals surface area contributed by atoms with Crippen LogP contribution in [0, 0.1) is 23.5 Å². The van der Waals surface area contributed by atoms with Crippen LogP contribution in [0.3, 0.4) is 0 Å². The van der Waals surface area contributed by atoms with Crippen LogP contribution in [0.25, 0.3) is 0 Å². The van der Waals surface area contributed by atoms with E-state index in [1.807, 2.05) is 0 Å². The third-order valence-corrected chi connectivity index (χ3v) is 9.04. The lowest BCUT2D eigenvalue weighted by atomic mass is 9.84. The lowest BCUT2D eigenvalue weighted by Crippen LogP contribution is -2.51. The monoisotopic (exact) mass is 470 g/mol. The number of ether oxygens (including phenoxy) is 1. The summed E-state index contributed by atoms with van der Waals surface area (Å²) in [5, 5.41) is 0. The van der Waals surface area contributed by atoms with Gasteiger partial charge in [0.05, 0.1) is 7.11 Å². The third-order valence-electron chi connectivity index (χ3n) is 7.13. The number of carbonyl (C=O) groups is 2. The highest BCUT2D eigenvalue weighted by atomic mass is 32.2. The fourth-order valence-corrected chi connectivity index (χ4v) is 7.04. The lowest BCUT2D eigenvalue weighted by molar-refractivity contribution is -0.154. The molecule has 0 N–H and O–H groups in total. The zero-order chi connectivity index (χ0) is 23.0. The number of carbonyl (C=O) groups excluding carboxylic acids is 2. The van der Waals surface area contributed by atoms with Crippen LogP contribution in [0.15, 0.2) is 23.1 Å². The molecular weight excluding hydrogens is 442 g/mol. The molecule has 176 valence electrons. The standard InChI is InChI=1S/C22H28F2N2O5S/c1-31-22(28)19-12-15-4-2-3-5-18(15)26(19)21(27)14-8-10-25(11-9-14)32(29,30)20-13-16(23)6-7-17(20)24/h6-7,13-15,18-19H,2-5,8-12H2,1H3. The van der Waals surface area contributed by atoms with Crippen LogP contribution in [0.2, 0.25) is 0 Å². The fraction of sp³-hybridized carbons (Fsp3) is 0.636. The van der Waals surface area contributed by atoms with Crippen LogP contribution < -0.4 is 0 Å². The highest BCUT2D eigenvalue weighted by Crippen LogP contribution is 2.41. The SMILES string of the molecule is COC(=O)C1CC2CCCCC2N1C(=O)C1CCN(S(=O)(=O)c2cc(F)ccc2F)CC1. The van der Waals surface area contributed by atoms with E-state index in [-0.39, 0.29) is 43.8 Å². The van der Waals surface area contributed by atoms with Gasteiger partial charge in [-0.05, 0) is 56.2 Å². The summed E-state index contributed by atoms with van der Waals surface area (Å²) < 4.78 is 59.3. The molecule has 2 saturated heterocycles. The minimum absolute atomic E-state index is 0.0171. The van der Waals surface area contributed by atoms with Crippen LogP contribution in [0.5, 0.6) is 0 Å². The van der Waals surface area contributed by atoms with Crippen LogP contribution >= 0.6 is 0 Å². The molecule has 3 atom stereocenters. The van der Waals surface area contributed by atoms with Crippen molar-refractivity contribution >= 4 is 21.9 Å². The first-order valence-electron chi connectivity index (χ1n) is 11.1. The smallest absolute Gasteiger partial charge is 0.328 e. The van der Waals surface area contributed by atoms with Gasteiger partial charge in [0.25, 0.3) is 0 Å². The molecule has 3 fully saturated rings. The van der Waals surface area contributed by atoms with Crippen LogP contribution in [0.1, 0.15) is 44.9 Å². The Kier molecular flexibility index (Phi) is 6.53. The van der Waals surface area contributed by atoms with Crippen molar-refractivity contribution in [2.45, 2.75) is 61.9 Å². The molecule has 1 aromatic rings. The normalized spacial score (nSPS) is 27.2. The van der Waals surface area contributed by atoms with E-state index in [1.165, 1.54) is 7.11 Å². The first-order valence-corrected chi connectivity index (χ1v) is 12.5. The summed E-state index contributed by atoms with van der Waals surface area (Å²) in [5.41, 5.74) is 0. The van der Waals surface area contributed by atoms with E-state index in [0.29, 0.717) is 12.5 Å². The molecule has 0 spiro atoms. The second kappa shape index (κ2) is 9.05. The second-order valence-electron chi connectivity index (χ2n) is 8.89. The predicted molar refractivity (Wildman–Crippen MR) is 111 cm³/mol. The number of piperidine rings is 1. The van der Waals surface area contributed by atoms with Gasteiger partial charge >= 0.3 is 5.97 Å². The number of nitrogens with zero attached hydrogens (tertiary/aromatic N) is 2. The molecule has 32 heavy (non-hydrogen) atoms. The maximum Gasteiger partial charge on any atom is 0.328 e. The van der Waals surface area contributed by atoms with Gasteiger partial charge in [0.2, 0.25) is 15.9 Å². The van der Waals surface area contributed by atoms with Gasteiger partial charge < -0.3 is 9.64 Å². The first kappa shape index (κ1) is 23.1. The highest BCUT2D eigenvalue weighted by Gasteiger charge is 2.49. The van der Waals surface area contributed by atoms with Crippen molar-refractivity contribution in [3.8, 4) is 0 Å². The predicted octanol–water partition coefficient (Wildman–Crippen LogP) is 2.70. The Balaban J connectivity index is 1.48. The van der Waals surface area contributed by atoms with E-state index in [1.54, 1.807) is 4.90 Å². The van der Waals surface area contributed by atoms with Gasteiger partial charge in [0.1, 0.15) is 22.6 Å². The number of rotatable bonds is 4. The first-order chi connectivity index (χ1) is 15.2. The maximum atomic E-state index is 14.1. The Morgan fingerprint density at radius 2 is 1.75 bits per heavy atom. The summed E-state index contributed by atoms with van der Waals surface area (Å²) in [4.78, 5) is 26.8. The van der Waals surface area contributed by atoms with Crippen molar-refractivity contribution in [2.75, 3.05) is 20.2 Å². The number of esters is 1. The minimum Gasteiger partial charge on any atom is -0.467 e. The molecule has 0 bridgehead atoms. The quantitative estimate of drug-likeness (QED) is 0.632. The minimum atomic E-state index is -4.21. The number of likely N-dealkylation sites (tertiary alicyclic amines) is 1. The van der Waals surface area contributed by atoms with Gasteiger partial charge in [-0.3, -0.25) is 4.79 Å². The molecule has 2 heterocycles. The molecule has 4 rings (SSSR count). The molecular formula is C22H28F2N2O5S. The molecule has 1 saturated carbocycles. The van der Waals surface area contributed by atoms with Crippen LogP contribution in [-0.2, 0) is 24.3 Å². The summed E-state index contributed by atoms with van der Waals surface area (Å²) in [6, 6.07) is 1.76. The summed E-state index contributed by atoms with van der Waals surface area (Å²) >= 11 is 0. The van der Waals surface area contributed by atoms with Crippen molar-refractivity contribution in [1.82, 2.24) is 9.21 Å². The van der Waals surface area contributed by atoms with Crippen molar-refractivity contribution in [3.05, 3.63) is 29.8 Å². The zero-order valence-electron chi connectivity index (χ0n) is 18.0. The van der Waals surface area contributed by atoms with Crippen LogP contribution in [-0.4, -0.2) is 61.8 Å². The molecule has 1 amide bonds. The average molecular weight is 471 g/mol. The Morgan fingerprint density at radius 1 is 1.06 bits per heavy atom. The van der Waals surface area contributed by atoms with Gasteiger partial charge in [0.15, 0.2) is 0 Å². The second-order valence-corrected chi connectivity index (χ2v) is 10.8. The Morgan fingerprint density at radius 3 is 2.44 bits per heavy atom. The highest BCUT2D eigenvalue weighted by molar-refractivity contribution is 7.89. The molecule has 1 aliphatic carbocycles. The van der Waals surface area contributed by atoms with Gasteiger partial charge in [-0.25, -0.2) is 22.0 Å². The molecule has 2 aliphatic heterocycles. The molecule has 7 nitrogen and oxygen atoms in total. The lowest BCUT2D eigenvalue weighted by Gasteiger charge is -2.38. The molecule has 1 aromatic carbocycles. The van der Waals surface area contributed by atoms with Gasteiger partial charge in [-0.15, -0.1) is 0 Å². The van der Waals surface area contributed by atoms with E-state index >= 15 is 0 Å². The third kappa shape index (κ3) is 4.14. The summed E-state index contributed by atoms with van der Waals surface area (Å²) in [5.74, 6) is -2.52. The number of hydrogen-bond acceptors (Lipinski definition) is 5. The van der Waals surface area contributed by atoms with Crippen molar-refractivity contribution < 1.29 is 31.5 Å². The van der Waals surface area contributed by atoms with E-state index < -0.39 is 44.5 Å². The molecule has 10 heteroatoms. The zero-order valence-corrected chi connectivity index (χ0v) is 18.8. The molecule has 0 radical (unpaired) electrons. The van der Waals surface area contributed by atoms with Crippen molar-refractivity contribution in [3.63, 3.8) is 0 Å². The number of hydrogen-bond donors (Lipinski definition) is 0. The Hall–Kier alpha value is -2.07.